The number of aliphatic hydroxyl groups is 1. The van der Waals surface area contributed by atoms with Gasteiger partial charge in [-0.1, -0.05) is 12.1 Å². The van der Waals surface area contributed by atoms with Crippen LogP contribution >= 0.6 is 11.3 Å². The van der Waals surface area contributed by atoms with Gasteiger partial charge in [-0.15, -0.1) is 11.3 Å². The summed E-state index contributed by atoms with van der Waals surface area (Å²) in [5, 5.41) is 20.2. The first kappa shape index (κ1) is 19.5. The number of nitrogens with one attached hydrogen (secondary N) is 1. The molecule has 0 bridgehead atoms. The first-order chi connectivity index (χ1) is 12.6. The van der Waals surface area contributed by atoms with Crippen molar-refractivity contribution in [3.63, 3.8) is 0 Å². The maximum atomic E-state index is 14.3. The molecule has 3 atom stereocenters. The molecule has 1 aromatic heterocycles. The van der Waals surface area contributed by atoms with E-state index >= 15 is 0 Å². The van der Waals surface area contributed by atoms with Gasteiger partial charge >= 0.3 is 12.3 Å². The molecule has 0 radical (unpaired) electrons. The van der Waals surface area contributed by atoms with E-state index in [2.05, 4.69) is 10.3 Å². The number of hydrogen-bond donors (Lipinski definition) is 3. The maximum absolute atomic E-state index is 14.3. The average Bonchev–Trinajstić information content (AvgIpc) is 2.98. The topological polar surface area (TPSA) is 82.5 Å². The number of fused-ring (bicyclic) bond motifs is 1. The second kappa shape index (κ2) is 7.04. The van der Waals surface area contributed by atoms with Crippen molar-refractivity contribution in [1.29, 1.82) is 0 Å². The van der Waals surface area contributed by atoms with E-state index in [1.165, 1.54) is 12.1 Å². The zero-order valence-electron chi connectivity index (χ0n) is 13.4. The number of aromatic nitrogens is 1. The number of halogens is 5. The Kier molecular flexibility index (Phi) is 5.08. The van der Waals surface area contributed by atoms with Gasteiger partial charge in [0.2, 0.25) is 0 Å². The molecule has 146 valence electrons. The quantitative estimate of drug-likeness (QED) is 0.509. The lowest BCUT2D eigenvalue weighted by molar-refractivity contribution is -0.137. The Morgan fingerprint density at radius 1 is 1.26 bits per heavy atom. The predicted molar refractivity (Wildman–Crippen MR) is 84.3 cm³/mol. The van der Waals surface area contributed by atoms with E-state index in [1.807, 2.05) is 0 Å². The van der Waals surface area contributed by atoms with Gasteiger partial charge < -0.3 is 15.5 Å². The second-order valence-electron chi connectivity index (χ2n) is 6.04. The zero-order valence-corrected chi connectivity index (χ0v) is 14.2. The third-order valence-electron chi connectivity index (χ3n) is 4.34. The van der Waals surface area contributed by atoms with Gasteiger partial charge in [-0.2, -0.15) is 13.2 Å². The highest BCUT2D eigenvalue weighted by molar-refractivity contribution is 7.12. The smallest absolute Gasteiger partial charge is 0.443 e. The fourth-order valence-corrected chi connectivity index (χ4v) is 4.30. The molecule has 5 nitrogen and oxygen atoms in total. The molecule has 1 heterocycles. The van der Waals surface area contributed by atoms with Gasteiger partial charge in [-0.25, -0.2) is 18.6 Å². The van der Waals surface area contributed by atoms with E-state index in [0.29, 0.717) is 0 Å². The minimum Gasteiger partial charge on any atom is -0.465 e. The predicted octanol–water partition coefficient (Wildman–Crippen LogP) is 4.36. The van der Waals surface area contributed by atoms with Gasteiger partial charge in [-0.05, 0) is 24.5 Å². The number of rotatable bonds is 2. The van der Waals surface area contributed by atoms with Gasteiger partial charge in [0.15, 0.2) is 16.6 Å². The first-order valence-electron chi connectivity index (χ1n) is 7.78. The van der Waals surface area contributed by atoms with Crippen molar-refractivity contribution in [3.05, 3.63) is 51.0 Å². The monoisotopic (exact) mass is 408 g/mol. The number of carbonyl (C=O) groups is 1. The van der Waals surface area contributed by atoms with Gasteiger partial charge in [0.05, 0.1) is 22.7 Å². The van der Waals surface area contributed by atoms with E-state index in [0.717, 1.165) is 6.07 Å². The maximum Gasteiger partial charge on any atom is 0.443 e. The zero-order chi connectivity index (χ0) is 19.9. The fraction of sp³-hybridized carbons (Fsp3) is 0.375. The van der Waals surface area contributed by atoms with Crippen molar-refractivity contribution in [3.8, 4) is 0 Å². The summed E-state index contributed by atoms with van der Waals surface area (Å²) in [6.07, 6.45) is -7.80. The summed E-state index contributed by atoms with van der Waals surface area (Å²) in [6, 6.07) is 2.02. The van der Waals surface area contributed by atoms with Crippen LogP contribution in [0.4, 0.5) is 26.7 Å². The summed E-state index contributed by atoms with van der Waals surface area (Å²) >= 11 is 0.180. The van der Waals surface area contributed by atoms with E-state index in [9.17, 15) is 31.9 Å². The van der Waals surface area contributed by atoms with E-state index in [-0.39, 0.29) is 40.3 Å². The van der Waals surface area contributed by atoms with Crippen LogP contribution in [-0.2, 0) is 6.18 Å². The molecule has 11 heteroatoms. The van der Waals surface area contributed by atoms with Gasteiger partial charge in [0.25, 0.3) is 0 Å². The number of hydrogen-bond acceptors (Lipinski definition) is 4. The van der Waals surface area contributed by atoms with Gasteiger partial charge in [0, 0.05) is 5.92 Å². The first-order valence-corrected chi connectivity index (χ1v) is 8.60. The molecule has 0 aliphatic heterocycles. The summed E-state index contributed by atoms with van der Waals surface area (Å²) in [4.78, 5) is 14.5. The lowest BCUT2D eigenvalue weighted by Gasteiger charge is -2.25. The van der Waals surface area contributed by atoms with Crippen molar-refractivity contribution >= 4 is 17.4 Å². The van der Waals surface area contributed by atoms with Crippen molar-refractivity contribution < 1.29 is 37.0 Å². The molecule has 0 spiro atoms. The molecule has 1 aliphatic carbocycles. The van der Waals surface area contributed by atoms with Crippen LogP contribution < -0.4 is 5.32 Å². The molecule has 0 saturated heterocycles. The largest absolute Gasteiger partial charge is 0.465 e. The summed E-state index contributed by atoms with van der Waals surface area (Å²) in [6.45, 7) is 0. The molecule has 0 fully saturated rings. The van der Waals surface area contributed by atoms with Crippen LogP contribution in [0, 0.1) is 11.6 Å². The third-order valence-corrected chi connectivity index (χ3v) is 5.53. The third kappa shape index (κ3) is 3.74. The highest BCUT2D eigenvalue weighted by Crippen LogP contribution is 2.48. The Morgan fingerprint density at radius 3 is 2.59 bits per heavy atom. The molecule has 27 heavy (non-hydrogen) atoms. The van der Waals surface area contributed by atoms with Crippen LogP contribution in [0.5, 0.6) is 0 Å². The highest BCUT2D eigenvalue weighted by Gasteiger charge is 2.42. The minimum absolute atomic E-state index is 0.0108. The fourth-order valence-electron chi connectivity index (χ4n) is 3.19. The molecule has 1 amide bonds. The lowest BCUT2D eigenvalue weighted by Crippen LogP contribution is -2.31. The Morgan fingerprint density at radius 2 is 1.96 bits per heavy atom. The van der Waals surface area contributed by atoms with Crippen LogP contribution in [0.3, 0.4) is 0 Å². The van der Waals surface area contributed by atoms with E-state index in [1.54, 1.807) is 0 Å². The highest BCUT2D eigenvalue weighted by atomic mass is 32.1. The average molecular weight is 408 g/mol. The van der Waals surface area contributed by atoms with E-state index < -0.39 is 47.0 Å². The summed E-state index contributed by atoms with van der Waals surface area (Å²) in [5.41, 5.74) is -0.485. The Balaban J connectivity index is 2.16. The molecule has 1 aromatic carbocycles. The number of amides is 1. The van der Waals surface area contributed by atoms with Gasteiger partial charge in [0.1, 0.15) is 0 Å². The molecule has 0 unspecified atom stereocenters. The van der Waals surface area contributed by atoms with Crippen LogP contribution in [-0.4, -0.2) is 21.3 Å². The SMILES string of the molecule is O=C(O)N[C@@H]1c2sc(C(F)(F)F)nc2[C@H](O)CC[C@H]1c1cccc(F)c1F. The van der Waals surface area contributed by atoms with Crippen LogP contribution in [0.15, 0.2) is 18.2 Å². The molecule has 3 rings (SSSR count). The number of aliphatic hydroxyl groups excluding tert-OH is 1. The molecule has 2 aromatic rings. The minimum atomic E-state index is -4.79. The molecular weight excluding hydrogens is 395 g/mol. The molecule has 3 N–H and O–H groups in total. The number of carboxylic acid groups (broad SMARTS) is 1. The van der Waals surface area contributed by atoms with Crippen LogP contribution in [0.1, 0.15) is 52.0 Å². The summed E-state index contributed by atoms with van der Waals surface area (Å²) in [5.74, 6) is -3.39. The Labute approximate surface area is 153 Å². The van der Waals surface area contributed by atoms with Crippen molar-refractivity contribution in [1.82, 2.24) is 10.3 Å². The number of nitrogens with zero attached hydrogens (tertiary/aromatic N) is 1. The standard InChI is InChI=1S/C16H13F5N2O3S/c17-8-3-1-2-6(10(8)18)7-4-5-9(24)12-13(11(7)23-15(25)26)27-14(22-12)16(19,20)21/h1-3,7,9,11,23-24H,4-5H2,(H,25,26)/t7-,9+,11-/m0/s1. The number of benzene rings is 1. The molecular formula is C16H13F5N2O3S. The summed E-state index contributed by atoms with van der Waals surface area (Å²) in [7, 11) is 0. The summed E-state index contributed by atoms with van der Waals surface area (Å²) < 4.78 is 67.1. The van der Waals surface area contributed by atoms with E-state index in [4.69, 9.17) is 5.11 Å². The normalized spacial score (nSPS) is 22.8. The second-order valence-corrected chi connectivity index (χ2v) is 7.07. The molecule has 0 saturated carbocycles. The Hall–Kier alpha value is -2.27. The van der Waals surface area contributed by atoms with Crippen molar-refractivity contribution in [2.75, 3.05) is 0 Å². The van der Waals surface area contributed by atoms with Crippen molar-refractivity contribution in [2.24, 2.45) is 0 Å². The number of thiazole rings is 1. The Bertz CT molecular complexity index is 870. The lowest BCUT2D eigenvalue weighted by atomic mass is 9.87. The van der Waals surface area contributed by atoms with Gasteiger partial charge in [-0.3, -0.25) is 0 Å². The number of alkyl halides is 3. The van der Waals surface area contributed by atoms with Crippen LogP contribution in [0.25, 0.3) is 0 Å². The van der Waals surface area contributed by atoms with Crippen LogP contribution in [0.2, 0.25) is 0 Å². The molecule has 1 aliphatic rings. The van der Waals surface area contributed by atoms with Crippen molar-refractivity contribution in [2.45, 2.75) is 37.1 Å².